The molecule has 0 spiro atoms. The number of rotatable bonds is 4. The number of nitro groups is 2. The third-order valence-electron chi connectivity index (χ3n) is 4.35. The van der Waals surface area contributed by atoms with E-state index < -0.39 is 33.2 Å². The van der Waals surface area contributed by atoms with Crippen molar-refractivity contribution in [1.82, 2.24) is 5.32 Å². The van der Waals surface area contributed by atoms with E-state index in [0.717, 1.165) is 12.1 Å². The number of carbonyl (C=O) groups excluding carboxylic acids is 1. The van der Waals surface area contributed by atoms with Crippen LogP contribution in [0, 0.1) is 27.2 Å². The van der Waals surface area contributed by atoms with Gasteiger partial charge >= 0.3 is 0 Å². The molecule has 27 heavy (non-hydrogen) atoms. The molecule has 0 saturated heterocycles. The molecule has 1 unspecified atom stereocenters. The summed E-state index contributed by atoms with van der Waals surface area (Å²) >= 11 is 6.11. The van der Waals surface area contributed by atoms with Gasteiger partial charge in [0, 0.05) is 23.6 Å². The van der Waals surface area contributed by atoms with E-state index >= 15 is 0 Å². The molecule has 0 aromatic heterocycles. The van der Waals surface area contributed by atoms with Gasteiger partial charge in [-0.25, -0.2) is 0 Å². The molecular weight excluding hydrogens is 378 g/mol. The highest BCUT2D eigenvalue weighted by atomic mass is 35.5. The molecule has 3 rings (SSSR count). The highest BCUT2D eigenvalue weighted by Crippen LogP contribution is 2.38. The van der Waals surface area contributed by atoms with Crippen LogP contribution in [0.15, 0.2) is 30.3 Å². The normalized spacial score (nSPS) is 15.4. The van der Waals surface area contributed by atoms with E-state index in [9.17, 15) is 25.0 Å². The van der Waals surface area contributed by atoms with Gasteiger partial charge in [0.1, 0.15) is 5.75 Å². The maximum Gasteiger partial charge on any atom is 0.279 e. The van der Waals surface area contributed by atoms with Gasteiger partial charge in [-0.1, -0.05) is 23.7 Å². The molecule has 1 N–H and O–H groups in total. The number of nitrogens with zero attached hydrogens (tertiary/aromatic N) is 2. The molecule has 2 aromatic rings. The molecule has 140 valence electrons. The van der Waals surface area contributed by atoms with Gasteiger partial charge in [0.25, 0.3) is 17.3 Å². The van der Waals surface area contributed by atoms with Gasteiger partial charge in [-0.05, 0) is 13.0 Å². The second-order valence-corrected chi connectivity index (χ2v) is 6.38. The Hall–Kier alpha value is -3.20. The highest BCUT2D eigenvalue weighted by Gasteiger charge is 2.29. The minimum atomic E-state index is -0.771. The zero-order chi connectivity index (χ0) is 19.7. The van der Waals surface area contributed by atoms with Gasteiger partial charge < -0.3 is 10.1 Å². The number of halogens is 1. The van der Waals surface area contributed by atoms with Gasteiger partial charge in [0.05, 0.1) is 39.1 Å². The zero-order valence-electron chi connectivity index (χ0n) is 14.1. The lowest BCUT2D eigenvalue weighted by Gasteiger charge is -2.27. The SMILES string of the molecule is Cc1c(C(=O)NC2CCOc3c(Cl)cccc32)cc([N+](=O)[O-])cc1[N+](=O)[O-]. The van der Waals surface area contributed by atoms with E-state index in [4.69, 9.17) is 16.3 Å². The number of hydrogen-bond acceptors (Lipinski definition) is 6. The summed E-state index contributed by atoms with van der Waals surface area (Å²) in [6.45, 7) is 1.71. The lowest BCUT2D eigenvalue weighted by Crippen LogP contribution is -2.32. The van der Waals surface area contributed by atoms with Gasteiger partial charge in [-0.3, -0.25) is 25.0 Å². The summed E-state index contributed by atoms with van der Waals surface area (Å²) in [5.41, 5.74) is -0.384. The van der Waals surface area contributed by atoms with Crippen molar-refractivity contribution in [3.05, 3.63) is 72.3 Å². The molecule has 1 heterocycles. The smallest absolute Gasteiger partial charge is 0.279 e. The Kier molecular flexibility index (Phi) is 4.95. The molecule has 1 aliphatic heterocycles. The number of para-hydroxylation sites is 1. The Balaban J connectivity index is 1.97. The third kappa shape index (κ3) is 3.54. The molecule has 0 radical (unpaired) electrons. The summed E-state index contributed by atoms with van der Waals surface area (Å²) in [5, 5.41) is 25.4. The molecule has 1 atom stereocenters. The average Bonchev–Trinajstić information content (AvgIpc) is 2.62. The first-order chi connectivity index (χ1) is 12.8. The van der Waals surface area contributed by atoms with Gasteiger partial charge in [-0.15, -0.1) is 0 Å². The minimum absolute atomic E-state index is 0.0569. The first kappa shape index (κ1) is 18.6. The summed E-state index contributed by atoms with van der Waals surface area (Å²) in [7, 11) is 0. The van der Waals surface area contributed by atoms with Crippen LogP contribution in [-0.2, 0) is 0 Å². The molecule has 0 aliphatic carbocycles. The van der Waals surface area contributed by atoms with Crippen molar-refractivity contribution in [2.75, 3.05) is 6.61 Å². The molecule has 10 heteroatoms. The predicted molar refractivity (Wildman–Crippen MR) is 96.3 cm³/mol. The van der Waals surface area contributed by atoms with E-state index in [2.05, 4.69) is 5.32 Å². The highest BCUT2D eigenvalue weighted by molar-refractivity contribution is 6.32. The average molecular weight is 392 g/mol. The van der Waals surface area contributed by atoms with Crippen molar-refractivity contribution in [2.24, 2.45) is 0 Å². The third-order valence-corrected chi connectivity index (χ3v) is 4.65. The Morgan fingerprint density at radius 1 is 1.26 bits per heavy atom. The Labute approximate surface area is 158 Å². The molecule has 1 aliphatic rings. The summed E-state index contributed by atoms with van der Waals surface area (Å²) < 4.78 is 5.53. The Morgan fingerprint density at radius 3 is 2.67 bits per heavy atom. The summed E-state index contributed by atoms with van der Waals surface area (Å²) in [6.07, 6.45) is 0.467. The number of nitro benzene ring substituents is 2. The fourth-order valence-corrected chi connectivity index (χ4v) is 3.22. The number of amides is 1. The van der Waals surface area contributed by atoms with E-state index in [1.165, 1.54) is 6.92 Å². The lowest BCUT2D eigenvalue weighted by atomic mass is 9.99. The van der Waals surface area contributed by atoms with Crippen LogP contribution >= 0.6 is 11.6 Å². The maximum atomic E-state index is 12.7. The zero-order valence-corrected chi connectivity index (χ0v) is 14.9. The summed E-state index contributed by atoms with van der Waals surface area (Å²) in [5.74, 6) is -0.172. The summed E-state index contributed by atoms with van der Waals surface area (Å²) in [6, 6.07) is 6.59. The number of non-ortho nitro benzene ring substituents is 1. The number of fused-ring (bicyclic) bond motifs is 1. The van der Waals surface area contributed by atoms with Crippen LogP contribution in [0.25, 0.3) is 0 Å². The molecule has 9 nitrogen and oxygen atoms in total. The van der Waals surface area contributed by atoms with Crippen molar-refractivity contribution in [3.8, 4) is 5.75 Å². The van der Waals surface area contributed by atoms with Crippen molar-refractivity contribution in [2.45, 2.75) is 19.4 Å². The van der Waals surface area contributed by atoms with Crippen LogP contribution in [0.1, 0.15) is 33.9 Å². The van der Waals surface area contributed by atoms with Crippen molar-refractivity contribution >= 4 is 28.9 Å². The van der Waals surface area contributed by atoms with Crippen molar-refractivity contribution in [3.63, 3.8) is 0 Å². The molecule has 0 bridgehead atoms. The molecule has 0 fully saturated rings. The van der Waals surface area contributed by atoms with Crippen molar-refractivity contribution < 1.29 is 19.4 Å². The van der Waals surface area contributed by atoms with Crippen LogP contribution in [0.3, 0.4) is 0 Å². The van der Waals surface area contributed by atoms with Crippen LogP contribution in [0.5, 0.6) is 5.75 Å². The second kappa shape index (κ2) is 7.20. The fourth-order valence-electron chi connectivity index (χ4n) is 2.99. The van der Waals surface area contributed by atoms with Crippen LogP contribution in [0.4, 0.5) is 11.4 Å². The monoisotopic (exact) mass is 391 g/mol. The van der Waals surface area contributed by atoms with Crippen LogP contribution in [-0.4, -0.2) is 22.4 Å². The fraction of sp³-hybridized carbons (Fsp3) is 0.235. The molecular formula is C17H14ClN3O6. The standard InChI is InChI=1S/C17H14ClN3O6/c1-9-12(7-10(20(23)24)8-15(9)21(25)26)17(22)19-14-5-6-27-16-11(14)3-2-4-13(16)18/h2-4,7-8,14H,5-6H2,1H3,(H,19,22). The largest absolute Gasteiger partial charge is 0.492 e. The van der Waals surface area contributed by atoms with E-state index in [1.807, 2.05) is 0 Å². The Bertz CT molecular complexity index is 962. The predicted octanol–water partition coefficient (Wildman–Crippen LogP) is 3.72. The number of hydrogen-bond donors (Lipinski definition) is 1. The van der Waals surface area contributed by atoms with E-state index in [-0.39, 0.29) is 11.1 Å². The number of nitrogens with one attached hydrogen (secondary N) is 1. The molecule has 2 aromatic carbocycles. The van der Waals surface area contributed by atoms with Gasteiger partial charge in [0.15, 0.2) is 0 Å². The quantitative estimate of drug-likeness (QED) is 0.625. The number of carbonyl (C=O) groups is 1. The second-order valence-electron chi connectivity index (χ2n) is 5.97. The first-order valence-corrected chi connectivity index (χ1v) is 8.33. The number of benzene rings is 2. The number of ether oxygens (including phenoxy) is 1. The molecule has 1 amide bonds. The van der Waals surface area contributed by atoms with E-state index in [0.29, 0.717) is 29.4 Å². The van der Waals surface area contributed by atoms with Crippen LogP contribution < -0.4 is 10.1 Å². The van der Waals surface area contributed by atoms with Crippen molar-refractivity contribution in [1.29, 1.82) is 0 Å². The molecule has 0 saturated carbocycles. The first-order valence-electron chi connectivity index (χ1n) is 7.95. The van der Waals surface area contributed by atoms with Gasteiger partial charge in [-0.2, -0.15) is 0 Å². The lowest BCUT2D eigenvalue weighted by molar-refractivity contribution is -0.394. The summed E-state index contributed by atoms with van der Waals surface area (Å²) in [4.78, 5) is 33.5. The maximum absolute atomic E-state index is 12.7. The Morgan fingerprint density at radius 2 is 2.00 bits per heavy atom. The topological polar surface area (TPSA) is 125 Å². The van der Waals surface area contributed by atoms with E-state index in [1.54, 1.807) is 18.2 Å². The van der Waals surface area contributed by atoms with Gasteiger partial charge in [0.2, 0.25) is 0 Å². The minimum Gasteiger partial charge on any atom is -0.492 e. The van der Waals surface area contributed by atoms with Crippen LogP contribution in [0.2, 0.25) is 5.02 Å².